The Morgan fingerprint density at radius 1 is 1.50 bits per heavy atom. The minimum atomic E-state index is -2.53. The van der Waals surface area contributed by atoms with Crippen molar-refractivity contribution < 1.29 is 18.3 Å². The van der Waals surface area contributed by atoms with Gasteiger partial charge >= 0.3 is 0 Å². The number of carbonyl (C=O) groups is 1. The summed E-state index contributed by atoms with van der Waals surface area (Å²) in [4.78, 5) is 12.8. The molecule has 0 spiro atoms. The number of nitrogens with zero attached hydrogens (tertiary/aromatic N) is 1. The van der Waals surface area contributed by atoms with Crippen molar-refractivity contribution >= 4 is 5.91 Å². The van der Waals surface area contributed by atoms with Crippen LogP contribution in [-0.4, -0.2) is 43.0 Å². The molecule has 1 aliphatic rings. The van der Waals surface area contributed by atoms with Gasteiger partial charge in [0.2, 0.25) is 5.91 Å². The lowest BCUT2D eigenvalue weighted by atomic mass is 10.1. The van der Waals surface area contributed by atoms with Crippen molar-refractivity contribution in [1.29, 1.82) is 0 Å². The molecule has 1 fully saturated rings. The zero-order chi connectivity index (χ0) is 10.7. The minimum absolute atomic E-state index is 0.0594. The molecule has 1 heterocycles. The molecule has 0 unspecified atom stereocenters. The Kier molecular flexibility index (Phi) is 3.80. The lowest BCUT2D eigenvalue weighted by molar-refractivity contribution is -0.150. The Labute approximate surface area is 82.0 Å². The van der Waals surface area contributed by atoms with E-state index in [1.165, 1.54) is 4.90 Å². The van der Waals surface area contributed by atoms with Gasteiger partial charge in [-0.15, -0.1) is 0 Å². The zero-order valence-corrected chi connectivity index (χ0v) is 8.37. The van der Waals surface area contributed by atoms with Crippen LogP contribution < -0.4 is 0 Å². The summed E-state index contributed by atoms with van der Waals surface area (Å²) in [5.41, 5.74) is 0. The first-order chi connectivity index (χ1) is 6.54. The minimum Gasteiger partial charge on any atom is -0.377 e. The molecule has 1 rings (SSSR count). The Hall–Kier alpha value is -0.710. The van der Waals surface area contributed by atoms with E-state index >= 15 is 0 Å². The summed E-state index contributed by atoms with van der Waals surface area (Å²) in [5.74, 6) is -0.465. The largest absolute Gasteiger partial charge is 0.377 e. The van der Waals surface area contributed by atoms with Crippen molar-refractivity contribution in [2.45, 2.75) is 26.3 Å². The van der Waals surface area contributed by atoms with Crippen molar-refractivity contribution in [2.24, 2.45) is 5.92 Å². The molecule has 0 aromatic carbocycles. The van der Waals surface area contributed by atoms with Gasteiger partial charge in [0.05, 0.1) is 13.2 Å². The first kappa shape index (κ1) is 11.4. The number of rotatable bonds is 2. The molecule has 14 heavy (non-hydrogen) atoms. The van der Waals surface area contributed by atoms with Gasteiger partial charge in [-0.1, -0.05) is 13.8 Å². The van der Waals surface area contributed by atoms with Crippen molar-refractivity contribution in [3.05, 3.63) is 0 Å². The van der Waals surface area contributed by atoms with Gasteiger partial charge in [0.15, 0.2) is 0 Å². The molecule has 3 nitrogen and oxygen atoms in total. The highest BCUT2D eigenvalue weighted by Crippen LogP contribution is 2.16. The SMILES string of the molecule is CC(C)C(=O)N1CCOC[C@@H]1C(F)F. The number of hydrogen-bond donors (Lipinski definition) is 0. The van der Waals surface area contributed by atoms with E-state index < -0.39 is 12.5 Å². The van der Waals surface area contributed by atoms with Gasteiger partial charge in [0.1, 0.15) is 6.04 Å². The van der Waals surface area contributed by atoms with Gasteiger partial charge in [0, 0.05) is 12.5 Å². The molecule has 1 saturated heterocycles. The van der Waals surface area contributed by atoms with Crippen LogP contribution >= 0.6 is 0 Å². The fraction of sp³-hybridized carbons (Fsp3) is 0.889. The van der Waals surface area contributed by atoms with Crippen LogP contribution in [0.25, 0.3) is 0 Å². The van der Waals surface area contributed by atoms with Crippen molar-refractivity contribution in [3.8, 4) is 0 Å². The topological polar surface area (TPSA) is 29.5 Å². The molecule has 0 N–H and O–H groups in total. The summed E-state index contributed by atoms with van der Waals surface area (Å²) >= 11 is 0. The highest BCUT2D eigenvalue weighted by molar-refractivity contribution is 5.78. The Balaban J connectivity index is 2.67. The predicted octanol–water partition coefficient (Wildman–Crippen LogP) is 1.13. The predicted molar refractivity (Wildman–Crippen MR) is 47.2 cm³/mol. The molecule has 0 aromatic rings. The van der Waals surface area contributed by atoms with E-state index in [1.807, 2.05) is 0 Å². The molecule has 82 valence electrons. The zero-order valence-electron chi connectivity index (χ0n) is 8.37. The number of alkyl halides is 2. The van der Waals surface area contributed by atoms with Gasteiger partial charge < -0.3 is 9.64 Å². The Morgan fingerprint density at radius 2 is 2.14 bits per heavy atom. The van der Waals surface area contributed by atoms with E-state index in [0.717, 1.165) is 0 Å². The van der Waals surface area contributed by atoms with E-state index in [-0.39, 0.29) is 25.0 Å². The van der Waals surface area contributed by atoms with Gasteiger partial charge in [-0.05, 0) is 0 Å². The van der Waals surface area contributed by atoms with Crippen LogP contribution in [0, 0.1) is 5.92 Å². The lowest BCUT2D eigenvalue weighted by Crippen LogP contribution is -2.53. The number of carbonyl (C=O) groups excluding carboxylic acids is 1. The van der Waals surface area contributed by atoms with E-state index in [0.29, 0.717) is 6.61 Å². The molecule has 1 aliphatic heterocycles. The van der Waals surface area contributed by atoms with Crippen LogP contribution in [0.4, 0.5) is 8.78 Å². The lowest BCUT2D eigenvalue weighted by Gasteiger charge is -2.36. The van der Waals surface area contributed by atoms with E-state index in [9.17, 15) is 13.6 Å². The van der Waals surface area contributed by atoms with Crippen LogP contribution in [0.1, 0.15) is 13.8 Å². The second-order valence-corrected chi connectivity index (χ2v) is 3.66. The molecule has 0 aliphatic carbocycles. The third-order valence-electron chi connectivity index (χ3n) is 2.23. The quantitative estimate of drug-likeness (QED) is 0.679. The second kappa shape index (κ2) is 4.68. The van der Waals surface area contributed by atoms with Crippen molar-refractivity contribution in [1.82, 2.24) is 4.90 Å². The second-order valence-electron chi connectivity index (χ2n) is 3.66. The standard InChI is InChI=1S/C9H15F2NO2/c1-6(2)9(13)12-3-4-14-5-7(12)8(10)11/h6-8H,3-5H2,1-2H3/t7-/m1/s1. The van der Waals surface area contributed by atoms with Crippen molar-refractivity contribution in [3.63, 3.8) is 0 Å². The number of hydrogen-bond acceptors (Lipinski definition) is 2. The highest BCUT2D eigenvalue weighted by Gasteiger charge is 2.34. The molecular weight excluding hydrogens is 192 g/mol. The number of morpholine rings is 1. The van der Waals surface area contributed by atoms with E-state index in [2.05, 4.69) is 0 Å². The Bertz CT molecular complexity index is 209. The number of halogens is 2. The summed E-state index contributed by atoms with van der Waals surface area (Å²) < 4.78 is 30.0. The maximum atomic E-state index is 12.5. The average Bonchev–Trinajstić information content (AvgIpc) is 2.16. The highest BCUT2D eigenvalue weighted by atomic mass is 19.3. The third-order valence-corrected chi connectivity index (χ3v) is 2.23. The number of ether oxygens (including phenoxy) is 1. The fourth-order valence-corrected chi connectivity index (χ4v) is 1.44. The summed E-state index contributed by atoms with van der Waals surface area (Å²) in [6, 6.07) is -1.07. The molecule has 0 bridgehead atoms. The van der Waals surface area contributed by atoms with Crippen molar-refractivity contribution in [2.75, 3.05) is 19.8 Å². The molecule has 1 atom stereocenters. The van der Waals surface area contributed by atoms with Crippen LogP contribution in [-0.2, 0) is 9.53 Å². The normalized spacial score (nSPS) is 23.3. The van der Waals surface area contributed by atoms with Crippen LogP contribution in [0.3, 0.4) is 0 Å². The maximum Gasteiger partial charge on any atom is 0.260 e. The third kappa shape index (κ3) is 2.41. The molecule has 0 saturated carbocycles. The number of amides is 1. The molecular formula is C9H15F2NO2. The summed E-state index contributed by atoms with van der Waals surface area (Å²) in [7, 11) is 0. The molecule has 0 radical (unpaired) electrons. The van der Waals surface area contributed by atoms with Gasteiger partial charge in [-0.25, -0.2) is 8.78 Å². The van der Waals surface area contributed by atoms with Crippen LogP contribution in [0.2, 0.25) is 0 Å². The Morgan fingerprint density at radius 3 is 2.64 bits per heavy atom. The van der Waals surface area contributed by atoms with Crippen LogP contribution in [0.5, 0.6) is 0 Å². The van der Waals surface area contributed by atoms with Gasteiger partial charge in [-0.2, -0.15) is 0 Å². The summed E-state index contributed by atoms with van der Waals surface area (Å²) in [6.45, 7) is 3.98. The maximum absolute atomic E-state index is 12.5. The molecule has 1 amide bonds. The van der Waals surface area contributed by atoms with Crippen LogP contribution in [0.15, 0.2) is 0 Å². The average molecular weight is 207 g/mol. The van der Waals surface area contributed by atoms with Gasteiger partial charge in [-0.3, -0.25) is 4.79 Å². The summed E-state index contributed by atoms with van der Waals surface area (Å²) in [6.07, 6.45) is -2.53. The summed E-state index contributed by atoms with van der Waals surface area (Å²) in [5, 5.41) is 0. The fourth-order valence-electron chi connectivity index (χ4n) is 1.44. The smallest absolute Gasteiger partial charge is 0.260 e. The first-order valence-electron chi connectivity index (χ1n) is 4.70. The van der Waals surface area contributed by atoms with E-state index in [1.54, 1.807) is 13.8 Å². The molecule has 5 heteroatoms. The monoisotopic (exact) mass is 207 g/mol. The van der Waals surface area contributed by atoms with Gasteiger partial charge in [0.25, 0.3) is 6.43 Å². The van der Waals surface area contributed by atoms with E-state index in [4.69, 9.17) is 4.74 Å². The molecule has 0 aromatic heterocycles. The first-order valence-corrected chi connectivity index (χ1v) is 4.70.